The summed E-state index contributed by atoms with van der Waals surface area (Å²) in [7, 11) is -2.40. The predicted octanol–water partition coefficient (Wildman–Crippen LogP) is 3.64. The van der Waals surface area contributed by atoms with E-state index in [1.54, 1.807) is 35.6 Å². The molecule has 0 saturated carbocycles. The van der Waals surface area contributed by atoms with E-state index in [-0.39, 0.29) is 17.3 Å². The SMILES string of the molecule is CCc1ccc(/C(CCCC(=O)OC)=N\NS(=O)(=O)c2ccc(C)cc2)s1. The minimum Gasteiger partial charge on any atom is -0.469 e. The lowest BCUT2D eigenvalue weighted by molar-refractivity contribution is -0.140. The van der Waals surface area contributed by atoms with E-state index in [2.05, 4.69) is 21.6 Å². The second kappa shape index (κ2) is 9.66. The Morgan fingerprint density at radius 2 is 1.85 bits per heavy atom. The highest BCUT2D eigenvalue weighted by Crippen LogP contribution is 2.20. The first-order valence-corrected chi connectivity index (χ1v) is 11.0. The number of hydrazone groups is 1. The molecule has 27 heavy (non-hydrogen) atoms. The summed E-state index contributed by atoms with van der Waals surface area (Å²) in [6.45, 7) is 3.95. The minimum absolute atomic E-state index is 0.159. The number of nitrogens with zero attached hydrogens (tertiary/aromatic N) is 1. The first-order chi connectivity index (χ1) is 12.9. The topological polar surface area (TPSA) is 84.8 Å². The molecule has 0 fully saturated rings. The van der Waals surface area contributed by atoms with Crippen LogP contribution in [0.25, 0.3) is 0 Å². The molecular formula is C19H24N2O4S2. The summed E-state index contributed by atoms with van der Waals surface area (Å²) in [6.07, 6.45) is 2.15. The first kappa shape index (κ1) is 21.1. The van der Waals surface area contributed by atoms with E-state index in [1.165, 1.54) is 12.0 Å². The van der Waals surface area contributed by atoms with Crippen molar-refractivity contribution >= 4 is 33.0 Å². The van der Waals surface area contributed by atoms with Crippen LogP contribution in [0.4, 0.5) is 0 Å². The van der Waals surface area contributed by atoms with Crippen LogP contribution in [-0.4, -0.2) is 27.2 Å². The number of nitrogens with one attached hydrogen (secondary N) is 1. The predicted molar refractivity (Wildman–Crippen MR) is 108 cm³/mol. The van der Waals surface area contributed by atoms with Crippen molar-refractivity contribution in [1.82, 2.24) is 4.83 Å². The highest BCUT2D eigenvalue weighted by Gasteiger charge is 2.15. The molecule has 0 spiro atoms. The van der Waals surface area contributed by atoms with E-state index in [0.29, 0.717) is 18.6 Å². The molecule has 0 bridgehead atoms. The number of aryl methyl sites for hydroxylation is 2. The van der Waals surface area contributed by atoms with Gasteiger partial charge in [0.2, 0.25) is 0 Å². The fraction of sp³-hybridized carbons (Fsp3) is 0.368. The van der Waals surface area contributed by atoms with Crippen molar-refractivity contribution in [2.75, 3.05) is 7.11 Å². The third kappa shape index (κ3) is 6.18. The van der Waals surface area contributed by atoms with E-state index < -0.39 is 10.0 Å². The number of ether oxygens (including phenoxy) is 1. The third-order valence-electron chi connectivity index (χ3n) is 3.95. The Morgan fingerprint density at radius 1 is 1.15 bits per heavy atom. The maximum absolute atomic E-state index is 12.5. The van der Waals surface area contributed by atoms with E-state index in [0.717, 1.165) is 16.9 Å². The Bertz CT molecular complexity index is 900. The van der Waals surface area contributed by atoms with Crippen LogP contribution in [0.2, 0.25) is 0 Å². The molecule has 0 aliphatic heterocycles. The second-order valence-electron chi connectivity index (χ2n) is 6.02. The molecule has 0 aliphatic carbocycles. The average molecular weight is 409 g/mol. The number of rotatable bonds is 9. The van der Waals surface area contributed by atoms with Crippen LogP contribution in [0.1, 0.15) is 41.5 Å². The number of methoxy groups -OCH3 is 1. The van der Waals surface area contributed by atoms with Crippen LogP contribution in [0.3, 0.4) is 0 Å². The Hall–Kier alpha value is -2.19. The van der Waals surface area contributed by atoms with Crippen molar-refractivity contribution in [3.8, 4) is 0 Å². The monoisotopic (exact) mass is 408 g/mol. The number of carbonyl (C=O) groups is 1. The number of thiophene rings is 1. The minimum atomic E-state index is -3.75. The molecule has 0 saturated heterocycles. The summed E-state index contributed by atoms with van der Waals surface area (Å²) in [6, 6.07) is 10.5. The van der Waals surface area contributed by atoms with E-state index in [9.17, 15) is 13.2 Å². The summed E-state index contributed by atoms with van der Waals surface area (Å²) in [4.78, 5) is 15.9. The van der Waals surface area contributed by atoms with Crippen LogP contribution >= 0.6 is 11.3 Å². The van der Waals surface area contributed by atoms with Gasteiger partial charge in [-0.1, -0.05) is 24.6 Å². The Kier molecular flexibility index (Phi) is 7.55. The van der Waals surface area contributed by atoms with Crippen LogP contribution in [0.5, 0.6) is 0 Å². The molecule has 2 rings (SSSR count). The van der Waals surface area contributed by atoms with Gasteiger partial charge in [0.25, 0.3) is 10.0 Å². The Labute approximate surface area is 164 Å². The van der Waals surface area contributed by atoms with Crippen LogP contribution in [-0.2, 0) is 26.0 Å². The maximum atomic E-state index is 12.5. The summed E-state index contributed by atoms with van der Waals surface area (Å²) >= 11 is 1.57. The van der Waals surface area contributed by atoms with E-state index in [1.807, 2.05) is 19.1 Å². The highest BCUT2D eigenvalue weighted by molar-refractivity contribution is 7.89. The standard InChI is InChI=1S/C19H24N2O4S2/c1-4-15-10-13-18(26-15)17(6-5-7-19(22)25-3)20-21-27(23,24)16-11-8-14(2)9-12-16/h8-13,21H,4-7H2,1-3H3/b20-17-. The largest absolute Gasteiger partial charge is 0.469 e. The molecule has 0 aliphatic rings. The number of hydrogen-bond acceptors (Lipinski definition) is 6. The number of sulfonamides is 1. The molecule has 0 amide bonds. The van der Waals surface area contributed by atoms with Gasteiger partial charge in [-0.15, -0.1) is 11.3 Å². The van der Waals surface area contributed by atoms with Crippen molar-refractivity contribution in [3.05, 3.63) is 51.7 Å². The number of hydrogen-bond donors (Lipinski definition) is 1. The zero-order chi connectivity index (χ0) is 19.9. The first-order valence-electron chi connectivity index (χ1n) is 8.66. The molecule has 1 heterocycles. The van der Waals surface area contributed by atoms with Crippen molar-refractivity contribution < 1.29 is 17.9 Å². The summed E-state index contributed by atoms with van der Waals surface area (Å²) in [5, 5.41) is 4.17. The summed E-state index contributed by atoms with van der Waals surface area (Å²) in [5.41, 5.74) is 1.59. The van der Waals surface area contributed by atoms with Gasteiger partial charge in [0.15, 0.2) is 0 Å². The van der Waals surface area contributed by atoms with Gasteiger partial charge in [0, 0.05) is 11.3 Å². The van der Waals surface area contributed by atoms with Crippen LogP contribution < -0.4 is 4.83 Å². The summed E-state index contributed by atoms with van der Waals surface area (Å²) < 4.78 is 29.6. The Morgan fingerprint density at radius 3 is 2.44 bits per heavy atom. The number of esters is 1. The maximum Gasteiger partial charge on any atom is 0.305 e. The van der Waals surface area contributed by atoms with Crippen LogP contribution in [0, 0.1) is 6.92 Å². The van der Waals surface area contributed by atoms with Crippen LogP contribution in [0.15, 0.2) is 46.4 Å². The van der Waals surface area contributed by atoms with Gasteiger partial charge >= 0.3 is 5.97 Å². The van der Waals surface area contributed by atoms with E-state index in [4.69, 9.17) is 0 Å². The van der Waals surface area contributed by atoms with Gasteiger partial charge in [-0.05, 0) is 50.5 Å². The molecule has 1 aromatic carbocycles. The number of benzene rings is 1. The summed E-state index contributed by atoms with van der Waals surface area (Å²) in [5.74, 6) is -0.296. The van der Waals surface area contributed by atoms with Gasteiger partial charge in [-0.2, -0.15) is 18.4 Å². The molecular weight excluding hydrogens is 384 g/mol. The van der Waals surface area contributed by atoms with Gasteiger partial charge in [-0.25, -0.2) is 0 Å². The molecule has 2 aromatic rings. The quantitative estimate of drug-likeness (QED) is 0.390. The molecule has 0 radical (unpaired) electrons. The number of carbonyl (C=O) groups excluding carboxylic acids is 1. The fourth-order valence-electron chi connectivity index (χ4n) is 2.34. The normalized spacial score (nSPS) is 12.0. The zero-order valence-corrected chi connectivity index (χ0v) is 17.3. The van der Waals surface area contributed by atoms with Gasteiger partial charge in [-0.3, -0.25) is 4.79 Å². The smallest absolute Gasteiger partial charge is 0.305 e. The van der Waals surface area contributed by atoms with E-state index >= 15 is 0 Å². The molecule has 0 atom stereocenters. The Balaban J connectivity index is 2.20. The molecule has 1 aromatic heterocycles. The lowest BCUT2D eigenvalue weighted by Gasteiger charge is -2.08. The molecule has 1 N–H and O–H groups in total. The van der Waals surface area contributed by atoms with Crippen molar-refractivity contribution in [1.29, 1.82) is 0 Å². The van der Waals surface area contributed by atoms with Gasteiger partial charge in [0.05, 0.1) is 22.6 Å². The molecule has 6 nitrogen and oxygen atoms in total. The average Bonchev–Trinajstić information content (AvgIpc) is 3.13. The van der Waals surface area contributed by atoms with Crippen molar-refractivity contribution in [2.45, 2.75) is 44.4 Å². The zero-order valence-electron chi connectivity index (χ0n) is 15.7. The second-order valence-corrected chi connectivity index (χ2v) is 8.84. The molecule has 146 valence electrons. The van der Waals surface area contributed by atoms with Crippen molar-refractivity contribution in [2.24, 2.45) is 5.10 Å². The lowest BCUT2D eigenvalue weighted by atomic mass is 10.1. The molecule has 8 heteroatoms. The molecule has 0 unspecified atom stereocenters. The third-order valence-corrected chi connectivity index (χ3v) is 6.45. The highest BCUT2D eigenvalue weighted by atomic mass is 32.2. The van der Waals surface area contributed by atoms with Gasteiger partial charge in [0.1, 0.15) is 0 Å². The fourth-order valence-corrected chi connectivity index (χ4v) is 4.14. The van der Waals surface area contributed by atoms with Crippen molar-refractivity contribution in [3.63, 3.8) is 0 Å². The van der Waals surface area contributed by atoms with Gasteiger partial charge < -0.3 is 4.74 Å². The lowest BCUT2D eigenvalue weighted by Crippen LogP contribution is -2.20.